The molecule has 0 aliphatic carbocycles. The molecule has 0 fully saturated rings. The Morgan fingerprint density at radius 1 is 1.53 bits per heavy atom. The highest BCUT2D eigenvalue weighted by Gasteiger charge is 2.24. The van der Waals surface area contributed by atoms with Crippen molar-refractivity contribution in [1.82, 2.24) is 0 Å². The van der Waals surface area contributed by atoms with Crippen LogP contribution in [0.5, 0.6) is 0 Å². The van der Waals surface area contributed by atoms with Gasteiger partial charge in [0, 0.05) is 11.4 Å². The summed E-state index contributed by atoms with van der Waals surface area (Å²) in [5.41, 5.74) is -0.412. The largest absolute Gasteiger partial charge is 0.481 e. The molecule has 0 aromatic heterocycles. The van der Waals surface area contributed by atoms with Crippen LogP contribution in [0.25, 0.3) is 0 Å². The van der Waals surface area contributed by atoms with Crippen LogP contribution < -0.4 is 0 Å². The van der Waals surface area contributed by atoms with Crippen LogP contribution in [0, 0.1) is 0 Å². The zero-order chi connectivity index (χ0) is 11.5. The quantitative estimate of drug-likeness (QED) is 0.830. The Kier molecular flexibility index (Phi) is 3.72. The lowest BCUT2D eigenvalue weighted by Crippen LogP contribution is -2.30. The summed E-state index contributed by atoms with van der Waals surface area (Å²) in [5.74, 6) is -1.01. The third-order valence-electron chi connectivity index (χ3n) is 2.01. The molecule has 0 spiro atoms. The van der Waals surface area contributed by atoms with Crippen molar-refractivity contribution in [3.05, 3.63) is 34.9 Å². The van der Waals surface area contributed by atoms with Gasteiger partial charge in [-0.05, 0) is 24.6 Å². The Balaban J connectivity index is 2.72. The average Bonchev–Trinajstić information content (AvgIpc) is 1.99. The fourth-order valence-corrected chi connectivity index (χ4v) is 1.69. The van der Waals surface area contributed by atoms with Gasteiger partial charge in [0.05, 0.1) is 12.0 Å². The molecule has 4 heteroatoms. The molecule has 1 aromatic rings. The molecule has 3 nitrogen and oxygen atoms in total. The number of halogens is 1. The second kappa shape index (κ2) is 4.64. The second-order valence-electron chi connectivity index (χ2n) is 3.87. The van der Waals surface area contributed by atoms with Crippen LogP contribution in [0.2, 0.25) is 5.02 Å². The predicted octanol–water partition coefficient (Wildman–Crippen LogP) is 2.11. The number of carboxylic acid groups (broad SMARTS) is 1. The Bertz CT molecular complexity index is 361. The van der Waals surface area contributed by atoms with Crippen LogP contribution in [0.3, 0.4) is 0 Å². The molecule has 1 atom stereocenters. The maximum atomic E-state index is 10.5. The van der Waals surface area contributed by atoms with E-state index in [4.69, 9.17) is 16.7 Å². The first kappa shape index (κ1) is 12.0. The molecule has 0 bridgehead atoms. The van der Waals surface area contributed by atoms with Crippen molar-refractivity contribution in [3.8, 4) is 0 Å². The molecule has 0 amide bonds. The van der Waals surface area contributed by atoms with Crippen LogP contribution in [-0.4, -0.2) is 21.8 Å². The first-order valence-corrected chi connectivity index (χ1v) is 4.95. The molecular formula is C11H13ClO3. The number of benzene rings is 1. The van der Waals surface area contributed by atoms with Crippen LogP contribution >= 0.6 is 11.6 Å². The van der Waals surface area contributed by atoms with Gasteiger partial charge >= 0.3 is 5.97 Å². The molecule has 15 heavy (non-hydrogen) atoms. The summed E-state index contributed by atoms with van der Waals surface area (Å²) < 4.78 is 0. The minimum Gasteiger partial charge on any atom is -0.481 e. The summed E-state index contributed by atoms with van der Waals surface area (Å²) in [6.07, 6.45) is -0.000622. The Hall–Kier alpha value is -1.06. The van der Waals surface area contributed by atoms with E-state index in [1.54, 1.807) is 18.2 Å². The van der Waals surface area contributed by atoms with Crippen LogP contribution in [0.1, 0.15) is 18.9 Å². The zero-order valence-electron chi connectivity index (χ0n) is 8.40. The summed E-state index contributed by atoms with van der Waals surface area (Å²) in [6.45, 7) is 1.50. The van der Waals surface area contributed by atoms with E-state index in [0.29, 0.717) is 5.02 Å². The van der Waals surface area contributed by atoms with Crippen molar-refractivity contribution in [2.75, 3.05) is 0 Å². The monoisotopic (exact) mass is 228 g/mol. The van der Waals surface area contributed by atoms with Gasteiger partial charge in [-0.15, -0.1) is 0 Å². The minimum atomic E-state index is -1.24. The molecule has 0 saturated heterocycles. The van der Waals surface area contributed by atoms with E-state index in [1.807, 2.05) is 6.07 Å². The molecule has 0 aliphatic heterocycles. The highest BCUT2D eigenvalue weighted by molar-refractivity contribution is 6.30. The molecule has 0 aliphatic rings. The summed E-state index contributed by atoms with van der Waals surface area (Å²) in [5, 5.41) is 19.0. The predicted molar refractivity (Wildman–Crippen MR) is 58.0 cm³/mol. The average molecular weight is 229 g/mol. The highest BCUT2D eigenvalue weighted by atomic mass is 35.5. The lowest BCUT2D eigenvalue weighted by atomic mass is 9.93. The van der Waals surface area contributed by atoms with Crippen molar-refractivity contribution < 1.29 is 15.0 Å². The van der Waals surface area contributed by atoms with Gasteiger partial charge in [0.1, 0.15) is 0 Å². The van der Waals surface area contributed by atoms with Gasteiger partial charge < -0.3 is 10.2 Å². The molecule has 1 rings (SSSR count). The van der Waals surface area contributed by atoms with Gasteiger partial charge in [0.15, 0.2) is 0 Å². The summed E-state index contributed by atoms with van der Waals surface area (Å²) in [4.78, 5) is 10.5. The third kappa shape index (κ3) is 4.32. The van der Waals surface area contributed by atoms with E-state index in [9.17, 15) is 9.90 Å². The van der Waals surface area contributed by atoms with E-state index >= 15 is 0 Å². The lowest BCUT2D eigenvalue weighted by molar-refractivity contribution is -0.141. The van der Waals surface area contributed by atoms with Crippen LogP contribution in [0.15, 0.2) is 24.3 Å². The number of hydrogen-bond acceptors (Lipinski definition) is 2. The first-order chi connectivity index (χ1) is 6.89. The number of aliphatic carboxylic acids is 1. The van der Waals surface area contributed by atoms with Gasteiger partial charge in [-0.2, -0.15) is 0 Å². The van der Waals surface area contributed by atoms with E-state index in [2.05, 4.69) is 0 Å². The SMILES string of the molecule is CC(O)(CC(=O)O)Cc1cccc(Cl)c1. The molecule has 82 valence electrons. The van der Waals surface area contributed by atoms with Crippen molar-refractivity contribution in [3.63, 3.8) is 0 Å². The van der Waals surface area contributed by atoms with Crippen molar-refractivity contribution in [2.24, 2.45) is 0 Å². The van der Waals surface area contributed by atoms with E-state index in [0.717, 1.165) is 5.56 Å². The van der Waals surface area contributed by atoms with Crippen molar-refractivity contribution >= 4 is 17.6 Å². The van der Waals surface area contributed by atoms with Gasteiger partial charge in [-0.3, -0.25) is 4.79 Å². The van der Waals surface area contributed by atoms with Crippen molar-refractivity contribution in [2.45, 2.75) is 25.4 Å². The fourth-order valence-electron chi connectivity index (χ4n) is 1.47. The van der Waals surface area contributed by atoms with Crippen LogP contribution in [-0.2, 0) is 11.2 Å². The van der Waals surface area contributed by atoms with Gasteiger partial charge in [-0.25, -0.2) is 0 Å². The number of hydrogen-bond donors (Lipinski definition) is 2. The molecule has 0 heterocycles. The molecule has 0 radical (unpaired) electrons. The lowest BCUT2D eigenvalue weighted by Gasteiger charge is -2.21. The van der Waals surface area contributed by atoms with E-state index < -0.39 is 11.6 Å². The number of carbonyl (C=O) groups is 1. The van der Waals surface area contributed by atoms with Crippen LogP contribution in [0.4, 0.5) is 0 Å². The summed E-state index contributed by atoms with van der Waals surface area (Å²) in [6, 6.07) is 7.03. The topological polar surface area (TPSA) is 57.5 Å². The first-order valence-electron chi connectivity index (χ1n) is 4.58. The maximum absolute atomic E-state index is 10.5. The Labute approximate surface area is 93.3 Å². The standard InChI is InChI=1S/C11H13ClO3/c1-11(15,7-10(13)14)6-8-3-2-4-9(12)5-8/h2-5,15H,6-7H2,1H3,(H,13,14). The smallest absolute Gasteiger partial charge is 0.306 e. The molecule has 0 saturated carbocycles. The number of carboxylic acids is 1. The van der Waals surface area contributed by atoms with Gasteiger partial charge in [-0.1, -0.05) is 23.7 Å². The second-order valence-corrected chi connectivity index (χ2v) is 4.31. The molecule has 2 N–H and O–H groups in total. The Morgan fingerprint density at radius 2 is 2.20 bits per heavy atom. The van der Waals surface area contributed by atoms with Gasteiger partial charge in [0.25, 0.3) is 0 Å². The maximum Gasteiger partial charge on any atom is 0.306 e. The van der Waals surface area contributed by atoms with E-state index in [-0.39, 0.29) is 12.8 Å². The third-order valence-corrected chi connectivity index (χ3v) is 2.24. The molecule has 1 unspecified atom stereocenters. The number of rotatable bonds is 4. The molecular weight excluding hydrogens is 216 g/mol. The van der Waals surface area contributed by atoms with E-state index in [1.165, 1.54) is 6.92 Å². The van der Waals surface area contributed by atoms with Gasteiger partial charge in [0.2, 0.25) is 0 Å². The fraction of sp³-hybridized carbons (Fsp3) is 0.364. The number of aliphatic hydroxyl groups is 1. The zero-order valence-corrected chi connectivity index (χ0v) is 9.16. The molecule has 1 aromatic carbocycles. The summed E-state index contributed by atoms with van der Waals surface area (Å²) >= 11 is 5.78. The van der Waals surface area contributed by atoms with Crippen molar-refractivity contribution in [1.29, 1.82) is 0 Å². The normalized spacial score (nSPS) is 14.6. The summed E-state index contributed by atoms with van der Waals surface area (Å²) in [7, 11) is 0. The highest BCUT2D eigenvalue weighted by Crippen LogP contribution is 2.19. The minimum absolute atomic E-state index is 0.278. The Morgan fingerprint density at radius 3 is 2.73 bits per heavy atom.